The van der Waals surface area contributed by atoms with Crippen LogP contribution in [0.5, 0.6) is 0 Å². The van der Waals surface area contributed by atoms with Crippen LogP contribution in [-0.4, -0.2) is 96.7 Å². The third kappa shape index (κ3) is 74.3. The Morgan fingerprint density at radius 2 is 0.520 bits per heavy atom. The molecule has 0 amide bonds. The Bertz CT molecular complexity index is 2310. The smallest absolute Gasteiger partial charge is 0.462 e. The summed E-state index contributed by atoms with van der Waals surface area (Å²) in [5, 5.41) is 10.6. The van der Waals surface area contributed by atoms with Gasteiger partial charge in [0.2, 0.25) is 0 Å². The van der Waals surface area contributed by atoms with E-state index in [1.54, 1.807) is 0 Å². The first-order valence-electron chi connectivity index (χ1n) is 40.5. The molecule has 0 aliphatic heterocycles. The lowest BCUT2D eigenvalue weighted by Gasteiger charge is -2.21. The normalized spacial score (nSPS) is 14.4. The molecular weight excluding hydrogens is 1330 g/mol. The van der Waals surface area contributed by atoms with Gasteiger partial charge in [0.05, 0.1) is 26.4 Å². The van der Waals surface area contributed by atoms with Crippen LogP contribution in [0.3, 0.4) is 0 Å². The number of ether oxygens (including phenoxy) is 4. The third-order valence-electron chi connectivity index (χ3n) is 17.0. The van der Waals surface area contributed by atoms with Crippen molar-refractivity contribution < 1.29 is 80.2 Å². The van der Waals surface area contributed by atoms with Crippen molar-refractivity contribution >= 4 is 39.5 Å². The zero-order valence-electron chi connectivity index (χ0n) is 64.5. The summed E-state index contributed by atoms with van der Waals surface area (Å²) in [4.78, 5) is 73.0. The molecule has 0 aromatic heterocycles. The molecule has 3 N–H and O–H groups in total. The average molecular weight is 1480 g/mol. The van der Waals surface area contributed by atoms with E-state index < -0.39 is 97.5 Å². The van der Waals surface area contributed by atoms with Gasteiger partial charge in [0.1, 0.15) is 19.3 Å². The number of phosphoric acid groups is 2. The molecule has 19 heteroatoms. The molecule has 0 fully saturated rings. The minimum atomic E-state index is -4.99. The molecule has 0 aromatic carbocycles. The van der Waals surface area contributed by atoms with Crippen molar-refractivity contribution in [3.05, 3.63) is 97.2 Å². The van der Waals surface area contributed by atoms with Gasteiger partial charge in [0.15, 0.2) is 12.2 Å². The van der Waals surface area contributed by atoms with E-state index in [-0.39, 0.29) is 25.7 Å². The first kappa shape index (κ1) is 98.0. The van der Waals surface area contributed by atoms with E-state index in [9.17, 15) is 43.2 Å². The maximum atomic E-state index is 13.1. The van der Waals surface area contributed by atoms with Crippen LogP contribution in [0, 0.1) is 0 Å². The first-order valence-corrected chi connectivity index (χ1v) is 43.5. The van der Waals surface area contributed by atoms with Crippen LogP contribution < -0.4 is 0 Å². The molecule has 0 aliphatic rings. The van der Waals surface area contributed by atoms with E-state index in [1.165, 1.54) is 122 Å². The Labute approximate surface area is 620 Å². The van der Waals surface area contributed by atoms with E-state index in [1.807, 2.05) is 12.2 Å². The number of hydrogen-bond donors (Lipinski definition) is 3. The van der Waals surface area contributed by atoms with Crippen LogP contribution in [-0.2, 0) is 65.4 Å². The lowest BCUT2D eigenvalue weighted by atomic mass is 10.1. The number of allylic oxidation sites excluding steroid dienone is 16. The molecular formula is C83H146O17P2. The Kier molecular flexibility index (Phi) is 72.3. The highest BCUT2D eigenvalue weighted by Crippen LogP contribution is 2.45. The summed E-state index contributed by atoms with van der Waals surface area (Å²) < 4.78 is 68.5. The molecule has 0 rings (SSSR count). The second-order valence-electron chi connectivity index (χ2n) is 27.0. The summed E-state index contributed by atoms with van der Waals surface area (Å²) in [6.45, 7) is 4.76. The number of aliphatic hydroxyl groups is 1. The number of hydrogen-bond acceptors (Lipinski definition) is 15. The van der Waals surface area contributed by atoms with Crippen LogP contribution in [0.4, 0.5) is 0 Å². The summed E-state index contributed by atoms with van der Waals surface area (Å²) in [7, 11) is -9.98. The van der Waals surface area contributed by atoms with E-state index >= 15 is 0 Å². The van der Waals surface area contributed by atoms with Crippen molar-refractivity contribution in [3.63, 3.8) is 0 Å². The molecule has 0 aromatic rings. The molecule has 0 saturated carbocycles. The van der Waals surface area contributed by atoms with Gasteiger partial charge in [-0.3, -0.25) is 37.3 Å². The Hall–Kier alpha value is -4.02. The highest BCUT2D eigenvalue weighted by Gasteiger charge is 2.30. The van der Waals surface area contributed by atoms with Crippen LogP contribution in [0.1, 0.15) is 349 Å². The van der Waals surface area contributed by atoms with E-state index in [0.29, 0.717) is 32.1 Å². The summed E-state index contributed by atoms with van der Waals surface area (Å²) in [5.74, 6) is -2.26. The highest BCUT2D eigenvalue weighted by molar-refractivity contribution is 7.47. The number of rotatable bonds is 76. The molecule has 102 heavy (non-hydrogen) atoms. The fraction of sp³-hybridized carbons (Fsp3) is 0.759. The van der Waals surface area contributed by atoms with Crippen molar-refractivity contribution in [2.75, 3.05) is 39.6 Å². The largest absolute Gasteiger partial charge is 0.472 e. The zero-order chi connectivity index (χ0) is 74.6. The summed E-state index contributed by atoms with van der Waals surface area (Å²) >= 11 is 0. The fourth-order valence-corrected chi connectivity index (χ4v) is 12.4. The highest BCUT2D eigenvalue weighted by atomic mass is 31.2. The van der Waals surface area contributed by atoms with Crippen molar-refractivity contribution in [3.8, 4) is 0 Å². The molecule has 17 nitrogen and oxygen atoms in total. The number of carbonyl (C=O) groups is 4. The second-order valence-corrected chi connectivity index (χ2v) is 29.9. The van der Waals surface area contributed by atoms with E-state index in [0.717, 1.165) is 141 Å². The van der Waals surface area contributed by atoms with Gasteiger partial charge in [-0.15, -0.1) is 0 Å². The minimum absolute atomic E-state index is 0.0156. The number of carbonyl (C=O) groups excluding carboxylic acids is 4. The monoisotopic (exact) mass is 1480 g/mol. The van der Waals surface area contributed by atoms with E-state index in [4.69, 9.17) is 37.0 Å². The van der Waals surface area contributed by atoms with Crippen molar-refractivity contribution in [1.29, 1.82) is 0 Å². The topological polar surface area (TPSA) is 237 Å². The summed E-state index contributed by atoms with van der Waals surface area (Å²) in [5.41, 5.74) is 0. The minimum Gasteiger partial charge on any atom is -0.462 e. The number of phosphoric ester groups is 2. The fourth-order valence-electron chi connectivity index (χ4n) is 10.8. The lowest BCUT2D eigenvalue weighted by molar-refractivity contribution is -0.161. The van der Waals surface area contributed by atoms with Gasteiger partial charge in [-0.05, 0) is 141 Å². The lowest BCUT2D eigenvalue weighted by Crippen LogP contribution is -2.30. The quantitative estimate of drug-likeness (QED) is 0.0128. The first-order chi connectivity index (χ1) is 49.7. The molecule has 590 valence electrons. The number of esters is 4. The molecule has 0 saturated heterocycles. The summed E-state index contributed by atoms with van der Waals surface area (Å²) in [6, 6.07) is 0. The van der Waals surface area contributed by atoms with Crippen LogP contribution >= 0.6 is 15.6 Å². The third-order valence-corrected chi connectivity index (χ3v) is 18.9. The van der Waals surface area contributed by atoms with Gasteiger partial charge < -0.3 is 33.8 Å². The van der Waals surface area contributed by atoms with Crippen molar-refractivity contribution in [2.45, 2.75) is 367 Å². The van der Waals surface area contributed by atoms with Crippen LogP contribution in [0.15, 0.2) is 97.2 Å². The molecule has 5 atom stereocenters. The maximum absolute atomic E-state index is 13.1. The Morgan fingerprint density at radius 1 is 0.284 bits per heavy atom. The van der Waals surface area contributed by atoms with Gasteiger partial charge >= 0.3 is 39.5 Å². The molecule has 0 radical (unpaired) electrons. The SMILES string of the molecule is CCCCC/C=C\C/C=C\C/C=C\C/C=C\CCCC(=O)O[C@H](COC(=O)CCCCCCC/C=C\C=C/CCCCCC)COP(=O)(O)OC[C@@H](O)COP(=O)(O)OC[C@@H](COC(=O)CCCCCCC/C=C\CCCCCCCC)OC(=O)CCCCCCC/C=C\CCCCCCCC. The van der Waals surface area contributed by atoms with Gasteiger partial charge in [-0.25, -0.2) is 9.13 Å². The van der Waals surface area contributed by atoms with Gasteiger partial charge in [0, 0.05) is 25.7 Å². The predicted octanol–water partition coefficient (Wildman–Crippen LogP) is 23.6. The molecule has 2 unspecified atom stereocenters. The van der Waals surface area contributed by atoms with Crippen LogP contribution in [0.25, 0.3) is 0 Å². The number of unbranched alkanes of at least 4 members (excludes halogenated alkanes) is 35. The number of aliphatic hydroxyl groups excluding tert-OH is 1. The second kappa shape index (κ2) is 75.2. The molecule has 0 heterocycles. The average Bonchev–Trinajstić information content (AvgIpc) is 0.917. The standard InChI is InChI=1S/C83H146O17P2/c1-5-9-13-17-21-25-29-33-37-38-42-46-50-54-58-62-66-70-83(88)100-79(74-94-81(86)68-64-60-56-52-48-44-40-35-31-27-23-19-15-11-7-3)76-98-102(91,92)96-72-77(84)71-95-101(89,90)97-75-78(99-82(87)69-65-61-57-53-49-45-41-36-32-28-24-20-16-12-8-4)73-93-80(85)67-63-59-55-51-47-43-39-34-30-26-22-18-14-10-6-2/h21,25,27,31,33-37,39-42,46,54,58,77-79,84H,5-20,22-24,26,28-30,32,38,43-45,47-53,55-57,59-76H2,1-4H3,(H,89,90)(H,91,92)/b25-21-,31-27-,37-33-,39-34-,40-35-,41-36-,46-42-,58-54-/t77-,78+,79+/m0/s1. The maximum Gasteiger partial charge on any atom is 0.472 e. The van der Waals surface area contributed by atoms with Crippen molar-refractivity contribution in [1.82, 2.24) is 0 Å². The van der Waals surface area contributed by atoms with Gasteiger partial charge in [-0.2, -0.15) is 0 Å². The van der Waals surface area contributed by atoms with Crippen LogP contribution in [0.2, 0.25) is 0 Å². The van der Waals surface area contributed by atoms with E-state index in [2.05, 4.69) is 113 Å². The Morgan fingerprint density at radius 3 is 0.873 bits per heavy atom. The molecule has 0 aliphatic carbocycles. The predicted molar refractivity (Wildman–Crippen MR) is 418 cm³/mol. The zero-order valence-corrected chi connectivity index (χ0v) is 66.3. The summed E-state index contributed by atoms with van der Waals surface area (Å²) in [6.07, 6.45) is 79.6. The van der Waals surface area contributed by atoms with Gasteiger partial charge in [-0.1, -0.05) is 279 Å². The molecule has 0 spiro atoms. The van der Waals surface area contributed by atoms with Crippen molar-refractivity contribution in [2.24, 2.45) is 0 Å². The van der Waals surface area contributed by atoms with Gasteiger partial charge in [0.25, 0.3) is 0 Å². The molecule has 0 bridgehead atoms. The Balaban J connectivity index is 5.43.